The highest BCUT2D eigenvalue weighted by molar-refractivity contribution is 7.91. The first-order chi connectivity index (χ1) is 4.52. The molecule has 1 heterocycles. The van der Waals surface area contributed by atoms with Crippen molar-refractivity contribution in [2.24, 2.45) is 5.84 Å². The Morgan fingerprint density at radius 3 is 2.40 bits per heavy atom. The molecule has 0 bridgehead atoms. The molecule has 0 spiro atoms. The standard InChI is InChI=1S/C5H12N2O2S/c1-10(8,9)5-3-2-4-7(5)6/h5H,2-4,6H2,1H3. The summed E-state index contributed by atoms with van der Waals surface area (Å²) in [6, 6.07) is 0. The topological polar surface area (TPSA) is 63.4 Å². The van der Waals surface area contributed by atoms with Crippen molar-refractivity contribution >= 4 is 9.84 Å². The molecule has 1 unspecified atom stereocenters. The Morgan fingerprint density at radius 2 is 2.20 bits per heavy atom. The highest BCUT2D eigenvalue weighted by Gasteiger charge is 2.29. The maximum absolute atomic E-state index is 10.9. The van der Waals surface area contributed by atoms with E-state index in [9.17, 15) is 8.42 Å². The van der Waals surface area contributed by atoms with E-state index in [1.807, 2.05) is 0 Å². The number of hydrogen-bond donors (Lipinski definition) is 1. The van der Waals surface area contributed by atoms with E-state index in [-0.39, 0.29) is 0 Å². The van der Waals surface area contributed by atoms with Crippen LogP contribution in [0.1, 0.15) is 12.8 Å². The number of nitrogens with two attached hydrogens (primary N) is 1. The Kier molecular flexibility index (Phi) is 1.98. The van der Waals surface area contributed by atoms with Crippen LogP contribution in [0.5, 0.6) is 0 Å². The van der Waals surface area contributed by atoms with Gasteiger partial charge in [0.1, 0.15) is 5.37 Å². The largest absolute Gasteiger partial charge is 0.268 e. The zero-order valence-electron chi connectivity index (χ0n) is 5.95. The highest BCUT2D eigenvalue weighted by Crippen LogP contribution is 2.17. The van der Waals surface area contributed by atoms with Gasteiger partial charge in [-0.15, -0.1) is 0 Å². The average molecular weight is 164 g/mol. The van der Waals surface area contributed by atoms with Gasteiger partial charge in [-0.25, -0.2) is 13.4 Å². The van der Waals surface area contributed by atoms with Crippen molar-refractivity contribution in [2.45, 2.75) is 18.2 Å². The first-order valence-electron chi connectivity index (χ1n) is 3.22. The van der Waals surface area contributed by atoms with Gasteiger partial charge in [0.05, 0.1) is 0 Å². The van der Waals surface area contributed by atoms with E-state index in [2.05, 4.69) is 0 Å². The molecule has 0 aromatic rings. The molecule has 0 aliphatic carbocycles. The van der Waals surface area contributed by atoms with E-state index < -0.39 is 15.2 Å². The monoisotopic (exact) mass is 164 g/mol. The van der Waals surface area contributed by atoms with E-state index in [1.165, 1.54) is 11.3 Å². The smallest absolute Gasteiger partial charge is 0.164 e. The molecule has 0 amide bonds. The summed E-state index contributed by atoms with van der Waals surface area (Å²) in [5, 5.41) is 0.961. The summed E-state index contributed by atoms with van der Waals surface area (Å²) in [6.07, 6.45) is 2.78. The third-order valence-corrected chi connectivity index (χ3v) is 3.23. The van der Waals surface area contributed by atoms with Gasteiger partial charge in [-0.3, -0.25) is 5.84 Å². The molecule has 1 saturated heterocycles. The van der Waals surface area contributed by atoms with Gasteiger partial charge in [0.15, 0.2) is 9.84 Å². The van der Waals surface area contributed by atoms with Crippen LogP contribution < -0.4 is 5.84 Å². The van der Waals surface area contributed by atoms with Gasteiger partial charge >= 0.3 is 0 Å². The Labute approximate surface area is 60.9 Å². The van der Waals surface area contributed by atoms with Crippen LogP contribution in [0, 0.1) is 0 Å². The fourth-order valence-corrected chi connectivity index (χ4v) is 2.41. The molecule has 4 nitrogen and oxygen atoms in total. The molecule has 0 saturated carbocycles. The molecule has 0 aromatic carbocycles. The summed E-state index contributed by atoms with van der Waals surface area (Å²) >= 11 is 0. The lowest BCUT2D eigenvalue weighted by atomic mass is 10.4. The lowest BCUT2D eigenvalue weighted by Crippen LogP contribution is -2.40. The number of sulfone groups is 1. The van der Waals surface area contributed by atoms with E-state index in [1.54, 1.807) is 0 Å². The SMILES string of the molecule is CS(=O)(=O)C1CCCN1N. The lowest BCUT2D eigenvalue weighted by Gasteiger charge is -2.15. The van der Waals surface area contributed by atoms with Gasteiger partial charge in [0, 0.05) is 12.8 Å². The molecule has 1 rings (SSSR count). The molecule has 1 aliphatic heterocycles. The van der Waals surface area contributed by atoms with E-state index in [4.69, 9.17) is 5.84 Å². The Balaban J connectivity index is 2.74. The summed E-state index contributed by atoms with van der Waals surface area (Å²) in [5.74, 6) is 5.42. The van der Waals surface area contributed by atoms with Crippen LogP contribution in [0.2, 0.25) is 0 Å². The third kappa shape index (κ3) is 1.47. The zero-order chi connectivity index (χ0) is 7.78. The van der Waals surface area contributed by atoms with Crippen LogP contribution in [0.25, 0.3) is 0 Å². The van der Waals surface area contributed by atoms with Crippen molar-refractivity contribution < 1.29 is 8.42 Å². The molecule has 60 valence electrons. The highest BCUT2D eigenvalue weighted by atomic mass is 32.2. The fraction of sp³-hybridized carbons (Fsp3) is 1.00. The number of nitrogens with zero attached hydrogens (tertiary/aromatic N) is 1. The molecule has 2 N–H and O–H groups in total. The van der Waals surface area contributed by atoms with Crippen LogP contribution in [0.3, 0.4) is 0 Å². The van der Waals surface area contributed by atoms with Crippen molar-refractivity contribution in [1.82, 2.24) is 5.01 Å². The van der Waals surface area contributed by atoms with Crippen molar-refractivity contribution in [3.63, 3.8) is 0 Å². The quantitative estimate of drug-likeness (QED) is 0.522. The summed E-state index contributed by atoms with van der Waals surface area (Å²) in [4.78, 5) is 0. The molecule has 0 radical (unpaired) electrons. The van der Waals surface area contributed by atoms with Gasteiger partial charge in [0.2, 0.25) is 0 Å². The molecule has 10 heavy (non-hydrogen) atoms. The second kappa shape index (κ2) is 2.48. The number of hydrogen-bond acceptors (Lipinski definition) is 4. The summed E-state index contributed by atoms with van der Waals surface area (Å²) < 4.78 is 21.8. The van der Waals surface area contributed by atoms with Crippen LogP contribution in [0.15, 0.2) is 0 Å². The minimum Gasteiger partial charge on any atom is -0.268 e. The maximum Gasteiger partial charge on any atom is 0.164 e. The molecule has 0 aromatic heterocycles. The van der Waals surface area contributed by atoms with Crippen LogP contribution in [-0.2, 0) is 9.84 Å². The first-order valence-corrected chi connectivity index (χ1v) is 5.17. The summed E-state index contributed by atoms with van der Waals surface area (Å²) in [7, 11) is -2.95. The fourth-order valence-electron chi connectivity index (χ4n) is 1.22. The van der Waals surface area contributed by atoms with E-state index in [0.717, 1.165) is 6.42 Å². The maximum atomic E-state index is 10.9. The predicted molar refractivity (Wildman–Crippen MR) is 38.8 cm³/mol. The van der Waals surface area contributed by atoms with Crippen molar-refractivity contribution in [3.05, 3.63) is 0 Å². The minimum absolute atomic E-state index is 0.438. The van der Waals surface area contributed by atoms with Gasteiger partial charge in [-0.05, 0) is 12.8 Å². The lowest BCUT2D eigenvalue weighted by molar-refractivity contribution is 0.319. The molecular formula is C5H12N2O2S. The molecule has 1 atom stereocenters. The number of hydrazine groups is 1. The molecule has 1 fully saturated rings. The Bertz CT molecular complexity index is 212. The first kappa shape index (κ1) is 7.97. The normalized spacial score (nSPS) is 29.2. The zero-order valence-corrected chi connectivity index (χ0v) is 6.76. The second-order valence-corrected chi connectivity index (χ2v) is 4.87. The summed E-state index contributed by atoms with van der Waals surface area (Å²) in [6.45, 7) is 0.692. The van der Waals surface area contributed by atoms with E-state index in [0.29, 0.717) is 13.0 Å². The van der Waals surface area contributed by atoms with Gasteiger partial charge in [0.25, 0.3) is 0 Å². The minimum atomic E-state index is -2.95. The molecular weight excluding hydrogens is 152 g/mol. The Morgan fingerprint density at radius 1 is 1.60 bits per heavy atom. The summed E-state index contributed by atoms with van der Waals surface area (Å²) in [5.41, 5.74) is 0. The van der Waals surface area contributed by atoms with Crippen LogP contribution in [0.4, 0.5) is 0 Å². The molecule has 1 aliphatic rings. The average Bonchev–Trinajstić information content (AvgIpc) is 2.11. The Hall–Kier alpha value is -0.130. The van der Waals surface area contributed by atoms with Gasteiger partial charge < -0.3 is 0 Å². The van der Waals surface area contributed by atoms with Gasteiger partial charge in [-0.2, -0.15) is 0 Å². The molecule has 5 heteroatoms. The predicted octanol–water partition coefficient (Wildman–Crippen LogP) is -0.673. The van der Waals surface area contributed by atoms with Crippen molar-refractivity contribution in [3.8, 4) is 0 Å². The van der Waals surface area contributed by atoms with Gasteiger partial charge in [-0.1, -0.05) is 0 Å². The van der Waals surface area contributed by atoms with Crippen molar-refractivity contribution in [1.29, 1.82) is 0 Å². The van der Waals surface area contributed by atoms with Crippen LogP contribution >= 0.6 is 0 Å². The van der Waals surface area contributed by atoms with E-state index >= 15 is 0 Å². The third-order valence-electron chi connectivity index (χ3n) is 1.73. The van der Waals surface area contributed by atoms with Crippen molar-refractivity contribution in [2.75, 3.05) is 12.8 Å². The number of rotatable bonds is 1. The second-order valence-electron chi connectivity index (χ2n) is 2.66. The van der Waals surface area contributed by atoms with Crippen LogP contribution in [-0.4, -0.2) is 31.6 Å².